The highest BCUT2D eigenvalue weighted by Gasteiger charge is 2.21. The lowest BCUT2D eigenvalue weighted by Gasteiger charge is -2.27. The van der Waals surface area contributed by atoms with Gasteiger partial charge >= 0.3 is 5.97 Å². The van der Waals surface area contributed by atoms with Gasteiger partial charge in [-0.3, -0.25) is 4.79 Å². The predicted octanol–water partition coefficient (Wildman–Crippen LogP) is 0.588. The van der Waals surface area contributed by atoms with Crippen molar-refractivity contribution in [2.45, 2.75) is 19.0 Å². The number of carboxylic acids is 1. The summed E-state index contributed by atoms with van der Waals surface area (Å²) in [6.45, 7) is 0.575. The molecule has 0 spiro atoms. The van der Waals surface area contributed by atoms with Gasteiger partial charge in [-0.25, -0.2) is 9.18 Å². The molecule has 1 atom stereocenters. The first kappa shape index (κ1) is 10.7. The molecular weight excluding hydrogens is 189 g/mol. The Labute approximate surface area is 81.0 Å². The largest absolute Gasteiger partial charge is 0.478 e. The lowest BCUT2D eigenvalue weighted by molar-refractivity contribution is -0.132. The van der Waals surface area contributed by atoms with Crippen LogP contribution in [0.1, 0.15) is 12.8 Å². The van der Waals surface area contributed by atoms with Crippen LogP contribution < -0.4 is 0 Å². The standard InChI is InChI=1S/C9H12FNO3/c10-7-2-1-5-11(6-7)8(12)3-4-9(13)14/h3-4,7H,1-2,5-6H2,(H,13,14)/b4-3+. The van der Waals surface area contributed by atoms with Gasteiger partial charge in [0.25, 0.3) is 0 Å². The van der Waals surface area contributed by atoms with E-state index in [2.05, 4.69) is 0 Å². The minimum absolute atomic E-state index is 0.0722. The minimum Gasteiger partial charge on any atom is -0.478 e. The van der Waals surface area contributed by atoms with Crippen molar-refractivity contribution >= 4 is 11.9 Å². The van der Waals surface area contributed by atoms with Crippen molar-refractivity contribution in [1.29, 1.82) is 0 Å². The topological polar surface area (TPSA) is 57.6 Å². The first-order chi connectivity index (χ1) is 6.59. The second-order valence-corrected chi connectivity index (χ2v) is 3.20. The van der Waals surface area contributed by atoms with E-state index in [0.717, 1.165) is 12.2 Å². The summed E-state index contributed by atoms with van der Waals surface area (Å²) in [5.41, 5.74) is 0. The molecule has 0 aromatic rings. The highest BCUT2D eigenvalue weighted by Crippen LogP contribution is 2.12. The van der Waals surface area contributed by atoms with E-state index in [1.807, 2.05) is 0 Å². The number of aliphatic carboxylic acids is 1. The van der Waals surface area contributed by atoms with Crippen LogP contribution in [0.4, 0.5) is 4.39 Å². The van der Waals surface area contributed by atoms with Gasteiger partial charge in [-0.2, -0.15) is 0 Å². The third-order valence-electron chi connectivity index (χ3n) is 2.04. The molecule has 0 aromatic heterocycles. The monoisotopic (exact) mass is 201 g/mol. The van der Waals surface area contributed by atoms with Crippen molar-refractivity contribution in [2.75, 3.05) is 13.1 Å². The van der Waals surface area contributed by atoms with Crippen LogP contribution in [0, 0.1) is 0 Å². The molecule has 1 amide bonds. The first-order valence-electron chi connectivity index (χ1n) is 4.43. The fourth-order valence-corrected chi connectivity index (χ4v) is 1.37. The van der Waals surface area contributed by atoms with Gasteiger partial charge in [-0.05, 0) is 12.8 Å². The van der Waals surface area contributed by atoms with E-state index in [1.54, 1.807) is 0 Å². The smallest absolute Gasteiger partial charge is 0.328 e. The number of nitrogens with zero attached hydrogens (tertiary/aromatic N) is 1. The molecule has 0 saturated carbocycles. The number of rotatable bonds is 2. The van der Waals surface area contributed by atoms with Crippen molar-refractivity contribution in [3.8, 4) is 0 Å². The Bertz CT molecular complexity index is 265. The van der Waals surface area contributed by atoms with Crippen molar-refractivity contribution < 1.29 is 19.1 Å². The number of alkyl halides is 1. The van der Waals surface area contributed by atoms with Crippen LogP contribution in [0.25, 0.3) is 0 Å². The van der Waals surface area contributed by atoms with Gasteiger partial charge in [0.05, 0.1) is 6.54 Å². The Morgan fingerprint density at radius 2 is 2.14 bits per heavy atom. The van der Waals surface area contributed by atoms with Crippen LogP contribution in [0.3, 0.4) is 0 Å². The maximum atomic E-state index is 12.9. The van der Waals surface area contributed by atoms with E-state index in [9.17, 15) is 14.0 Å². The number of halogens is 1. The minimum atomic E-state index is -1.17. The molecule has 1 rings (SSSR count). The number of carbonyl (C=O) groups excluding carboxylic acids is 1. The summed E-state index contributed by atoms with van der Waals surface area (Å²) >= 11 is 0. The Morgan fingerprint density at radius 1 is 1.43 bits per heavy atom. The Morgan fingerprint density at radius 3 is 2.71 bits per heavy atom. The maximum Gasteiger partial charge on any atom is 0.328 e. The highest BCUT2D eigenvalue weighted by molar-refractivity contribution is 5.93. The molecular formula is C9H12FNO3. The number of likely N-dealkylation sites (tertiary alicyclic amines) is 1. The van der Waals surface area contributed by atoms with E-state index in [4.69, 9.17) is 5.11 Å². The highest BCUT2D eigenvalue weighted by atomic mass is 19.1. The molecule has 1 heterocycles. The molecule has 0 aromatic carbocycles. The second kappa shape index (κ2) is 4.74. The number of carbonyl (C=O) groups is 2. The van der Waals surface area contributed by atoms with E-state index in [0.29, 0.717) is 19.4 Å². The quantitative estimate of drug-likeness (QED) is 0.665. The molecule has 1 fully saturated rings. The average molecular weight is 201 g/mol. The van der Waals surface area contributed by atoms with Crippen molar-refractivity contribution in [2.24, 2.45) is 0 Å². The fourth-order valence-electron chi connectivity index (χ4n) is 1.37. The molecule has 78 valence electrons. The molecule has 0 bridgehead atoms. The molecule has 1 aliphatic heterocycles. The molecule has 1 saturated heterocycles. The van der Waals surface area contributed by atoms with Crippen LogP contribution in [0.5, 0.6) is 0 Å². The molecule has 1 aliphatic rings. The molecule has 0 aliphatic carbocycles. The van der Waals surface area contributed by atoms with Gasteiger partial charge in [0.1, 0.15) is 6.17 Å². The molecule has 4 nitrogen and oxygen atoms in total. The third kappa shape index (κ3) is 3.16. The number of hydrogen-bond acceptors (Lipinski definition) is 2. The van der Waals surface area contributed by atoms with Crippen LogP contribution in [0.15, 0.2) is 12.2 Å². The van der Waals surface area contributed by atoms with E-state index in [1.165, 1.54) is 4.90 Å². The van der Waals surface area contributed by atoms with Gasteiger partial charge in [0.2, 0.25) is 5.91 Å². The summed E-state index contributed by atoms with van der Waals surface area (Å²) in [4.78, 5) is 22.7. The number of amides is 1. The Balaban J connectivity index is 2.47. The Hall–Kier alpha value is -1.39. The van der Waals surface area contributed by atoms with Crippen molar-refractivity contribution in [1.82, 2.24) is 4.90 Å². The maximum absolute atomic E-state index is 12.9. The number of hydrogen-bond donors (Lipinski definition) is 1. The van der Waals surface area contributed by atoms with Crippen molar-refractivity contribution in [3.05, 3.63) is 12.2 Å². The third-order valence-corrected chi connectivity index (χ3v) is 2.04. The van der Waals surface area contributed by atoms with Gasteiger partial charge in [0.15, 0.2) is 0 Å². The summed E-state index contributed by atoms with van der Waals surface area (Å²) in [5, 5.41) is 8.28. The zero-order valence-corrected chi connectivity index (χ0v) is 7.65. The summed E-state index contributed by atoms with van der Waals surface area (Å²) in [7, 11) is 0. The van der Waals surface area contributed by atoms with Gasteiger partial charge in [-0.15, -0.1) is 0 Å². The van der Waals surface area contributed by atoms with E-state index < -0.39 is 18.0 Å². The van der Waals surface area contributed by atoms with Crippen LogP contribution in [-0.4, -0.2) is 41.1 Å². The lowest BCUT2D eigenvalue weighted by atomic mass is 10.1. The summed E-state index contributed by atoms with van der Waals surface area (Å²) in [6, 6.07) is 0. The number of carboxylic acid groups (broad SMARTS) is 1. The fraction of sp³-hybridized carbons (Fsp3) is 0.556. The summed E-state index contributed by atoms with van der Waals surface area (Å²) in [5.74, 6) is -1.61. The van der Waals surface area contributed by atoms with Gasteiger partial charge in [0, 0.05) is 18.7 Å². The molecule has 14 heavy (non-hydrogen) atoms. The van der Waals surface area contributed by atoms with Crippen molar-refractivity contribution in [3.63, 3.8) is 0 Å². The van der Waals surface area contributed by atoms with Crippen LogP contribution in [0.2, 0.25) is 0 Å². The molecule has 0 radical (unpaired) electrons. The molecule has 1 N–H and O–H groups in total. The molecule has 5 heteroatoms. The van der Waals surface area contributed by atoms with Gasteiger partial charge < -0.3 is 10.0 Å². The molecule has 1 unspecified atom stereocenters. The normalized spacial score (nSPS) is 22.6. The summed E-state index contributed by atoms with van der Waals surface area (Å²) < 4.78 is 12.9. The predicted molar refractivity (Wildman–Crippen MR) is 47.5 cm³/mol. The average Bonchev–Trinajstić information content (AvgIpc) is 2.14. The SMILES string of the molecule is O=C(O)/C=C/C(=O)N1CCCC(F)C1. The van der Waals surface area contributed by atoms with Crippen LogP contribution >= 0.6 is 0 Å². The summed E-state index contributed by atoms with van der Waals surface area (Å²) in [6.07, 6.45) is 1.86. The van der Waals surface area contributed by atoms with Gasteiger partial charge in [-0.1, -0.05) is 0 Å². The van der Waals surface area contributed by atoms with E-state index in [-0.39, 0.29) is 6.54 Å². The number of piperidine rings is 1. The van der Waals surface area contributed by atoms with Crippen LogP contribution in [-0.2, 0) is 9.59 Å². The zero-order valence-electron chi connectivity index (χ0n) is 7.65. The lowest BCUT2D eigenvalue weighted by Crippen LogP contribution is -2.39. The zero-order chi connectivity index (χ0) is 10.6. The van der Waals surface area contributed by atoms with E-state index >= 15 is 0 Å². The Kier molecular flexibility index (Phi) is 3.62. The first-order valence-corrected chi connectivity index (χ1v) is 4.43. The second-order valence-electron chi connectivity index (χ2n) is 3.20.